The van der Waals surface area contributed by atoms with Crippen molar-refractivity contribution in [3.05, 3.63) is 12.2 Å². The predicted octanol–water partition coefficient (Wildman–Crippen LogP) is 0.882. The lowest BCUT2D eigenvalue weighted by molar-refractivity contribution is 0.336. The summed E-state index contributed by atoms with van der Waals surface area (Å²) in [6.45, 7) is 2.95. The molecule has 0 bridgehead atoms. The first kappa shape index (κ1) is 6.38. The van der Waals surface area contributed by atoms with E-state index in [0.29, 0.717) is 0 Å². The Kier molecular flexibility index (Phi) is 2.35. The van der Waals surface area contributed by atoms with E-state index in [-0.39, 0.29) is 0 Å². The van der Waals surface area contributed by atoms with Gasteiger partial charge in [0.1, 0.15) is 0 Å². The topological polar surface area (TPSA) is 3.24 Å². The van der Waals surface area contributed by atoms with Gasteiger partial charge in [-0.05, 0) is 6.42 Å². The highest BCUT2D eigenvalue weighted by atomic mass is 15.1. The van der Waals surface area contributed by atoms with Crippen LogP contribution >= 0.6 is 0 Å². The molecule has 0 spiro atoms. The summed E-state index contributed by atoms with van der Waals surface area (Å²) in [5, 5.41) is 0. The molecule has 9 heavy (non-hydrogen) atoms. The van der Waals surface area contributed by atoms with Crippen LogP contribution in [0.4, 0.5) is 0 Å². The minimum atomic E-state index is 0.796. The lowest BCUT2D eigenvalue weighted by Crippen LogP contribution is -2.27. The van der Waals surface area contributed by atoms with Crippen molar-refractivity contribution >= 4 is 0 Å². The van der Waals surface area contributed by atoms with E-state index in [9.17, 15) is 0 Å². The van der Waals surface area contributed by atoms with Gasteiger partial charge in [-0.1, -0.05) is 18.1 Å². The second-order valence-electron chi connectivity index (χ2n) is 2.20. The zero-order chi connectivity index (χ0) is 6.53. The number of hydrogen-bond donors (Lipinski definition) is 0. The molecule has 1 aliphatic rings. The first-order chi connectivity index (χ1) is 4.43. The van der Waals surface area contributed by atoms with Gasteiger partial charge in [0.2, 0.25) is 0 Å². The van der Waals surface area contributed by atoms with Gasteiger partial charge in [0, 0.05) is 13.1 Å². The van der Waals surface area contributed by atoms with E-state index in [1.807, 2.05) is 0 Å². The van der Waals surface area contributed by atoms with Gasteiger partial charge in [0.05, 0.1) is 6.54 Å². The lowest BCUT2D eigenvalue weighted by atomic mass is 10.2. The van der Waals surface area contributed by atoms with E-state index in [0.717, 1.165) is 26.1 Å². The Morgan fingerprint density at radius 3 is 3.00 bits per heavy atom. The molecule has 0 amide bonds. The molecule has 48 valence electrons. The fraction of sp³-hybridized carbons (Fsp3) is 0.500. The van der Waals surface area contributed by atoms with Crippen molar-refractivity contribution in [2.75, 3.05) is 19.6 Å². The Morgan fingerprint density at radius 2 is 2.44 bits per heavy atom. The summed E-state index contributed by atoms with van der Waals surface area (Å²) in [7, 11) is 0. The number of hydrogen-bond acceptors (Lipinski definition) is 1. The molecule has 1 heteroatoms. The first-order valence-corrected chi connectivity index (χ1v) is 3.24. The maximum Gasteiger partial charge on any atom is 0.0601 e. The van der Waals surface area contributed by atoms with Crippen molar-refractivity contribution < 1.29 is 0 Å². The highest BCUT2D eigenvalue weighted by Gasteiger charge is 2.01. The van der Waals surface area contributed by atoms with Crippen LogP contribution in [0, 0.1) is 12.3 Å². The van der Waals surface area contributed by atoms with Gasteiger partial charge in [-0.3, -0.25) is 4.90 Å². The van der Waals surface area contributed by atoms with Gasteiger partial charge in [-0.2, -0.15) is 0 Å². The molecule has 0 aromatic rings. The van der Waals surface area contributed by atoms with Crippen LogP contribution in [-0.4, -0.2) is 24.5 Å². The van der Waals surface area contributed by atoms with Gasteiger partial charge in [0.15, 0.2) is 0 Å². The molecule has 0 unspecified atom stereocenters. The van der Waals surface area contributed by atoms with Crippen molar-refractivity contribution in [1.29, 1.82) is 0 Å². The maximum absolute atomic E-state index is 5.14. The average molecular weight is 121 g/mol. The van der Waals surface area contributed by atoms with E-state index >= 15 is 0 Å². The van der Waals surface area contributed by atoms with Crippen molar-refractivity contribution in [2.24, 2.45) is 0 Å². The van der Waals surface area contributed by atoms with E-state index in [1.54, 1.807) is 0 Å². The molecule has 0 fully saturated rings. The van der Waals surface area contributed by atoms with Crippen LogP contribution in [-0.2, 0) is 0 Å². The maximum atomic E-state index is 5.14. The molecule has 0 saturated carbocycles. The highest BCUT2D eigenvalue weighted by molar-refractivity contribution is 4.96. The zero-order valence-electron chi connectivity index (χ0n) is 5.51. The third-order valence-electron chi connectivity index (χ3n) is 1.46. The highest BCUT2D eigenvalue weighted by Crippen LogP contribution is 1.98. The number of nitrogens with zero attached hydrogens (tertiary/aromatic N) is 1. The standard InChI is InChI=1S/C8H11N/c1-2-6-9-7-4-3-5-8-9/h1,3-4H,5-8H2. The van der Waals surface area contributed by atoms with Crippen LogP contribution in [0.3, 0.4) is 0 Å². The van der Waals surface area contributed by atoms with Gasteiger partial charge in [-0.25, -0.2) is 0 Å². The molecule has 1 aliphatic heterocycles. The van der Waals surface area contributed by atoms with Gasteiger partial charge < -0.3 is 0 Å². The molecule has 0 N–H and O–H groups in total. The fourth-order valence-corrected chi connectivity index (χ4v) is 0.963. The van der Waals surface area contributed by atoms with Crippen molar-refractivity contribution in [1.82, 2.24) is 4.90 Å². The lowest BCUT2D eigenvalue weighted by Gasteiger charge is -2.19. The normalized spacial score (nSPS) is 19.4. The molecular formula is C8H11N. The minimum Gasteiger partial charge on any atom is -0.288 e. The summed E-state index contributed by atoms with van der Waals surface area (Å²) in [4.78, 5) is 2.25. The van der Waals surface area contributed by atoms with Crippen LogP contribution < -0.4 is 0 Å². The zero-order valence-corrected chi connectivity index (χ0v) is 5.51. The van der Waals surface area contributed by atoms with E-state index in [1.165, 1.54) is 0 Å². The second-order valence-corrected chi connectivity index (χ2v) is 2.20. The summed E-state index contributed by atoms with van der Waals surface area (Å²) >= 11 is 0. The molecule has 0 aromatic carbocycles. The summed E-state index contributed by atoms with van der Waals surface area (Å²) in [5.74, 6) is 2.63. The minimum absolute atomic E-state index is 0.796. The number of terminal acetylenes is 1. The molecule has 0 saturated heterocycles. The third-order valence-corrected chi connectivity index (χ3v) is 1.46. The summed E-state index contributed by atoms with van der Waals surface area (Å²) < 4.78 is 0. The molecule has 0 aromatic heterocycles. The van der Waals surface area contributed by atoms with Crippen LogP contribution in [0.15, 0.2) is 12.2 Å². The SMILES string of the molecule is C#CCN1CC=CCC1. The molecule has 0 atom stereocenters. The molecular weight excluding hydrogens is 110 g/mol. The Bertz CT molecular complexity index is 141. The average Bonchev–Trinajstić information content (AvgIpc) is 1.91. The Morgan fingerprint density at radius 1 is 1.56 bits per heavy atom. The fourth-order valence-electron chi connectivity index (χ4n) is 0.963. The van der Waals surface area contributed by atoms with E-state index in [4.69, 9.17) is 6.42 Å². The van der Waals surface area contributed by atoms with Crippen LogP contribution in [0.2, 0.25) is 0 Å². The first-order valence-electron chi connectivity index (χ1n) is 3.24. The largest absolute Gasteiger partial charge is 0.288 e. The monoisotopic (exact) mass is 121 g/mol. The van der Waals surface area contributed by atoms with Gasteiger partial charge in [0.25, 0.3) is 0 Å². The van der Waals surface area contributed by atoms with E-state index in [2.05, 4.69) is 23.0 Å². The van der Waals surface area contributed by atoms with Crippen LogP contribution in [0.5, 0.6) is 0 Å². The van der Waals surface area contributed by atoms with E-state index < -0.39 is 0 Å². The smallest absolute Gasteiger partial charge is 0.0601 e. The van der Waals surface area contributed by atoms with Gasteiger partial charge >= 0.3 is 0 Å². The third kappa shape index (κ3) is 1.91. The van der Waals surface area contributed by atoms with Crippen molar-refractivity contribution in [3.63, 3.8) is 0 Å². The Hall–Kier alpha value is -0.740. The molecule has 0 radical (unpaired) electrons. The Balaban J connectivity index is 2.28. The molecule has 1 nitrogen and oxygen atoms in total. The summed E-state index contributed by atoms with van der Waals surface area (Å²) in [5.41, 5.74) is 0. The number of rotatable bonds is 1. The summed E-state index contributed by atoms with van der Waals surface area (Å²) in [6, 6.07) is 0. The molecule has 0 aliphatic carbocycles. The second kappa shape index (κ2) is 3.32. The van der Waals surface area contributed by atoms with Crippen molar-refractivity contribution in [2.45, 2.75) is 6.42 Å². The quantitative estimate of drug-likeness (QED) is 0.368. The Labute approximate surface area is 56.4 Å². The van der Waals surface area contributed by atoms with Gasteiger partial charge in [-0.15, -0.1) is 6.42 Å². The summed E-state index contributed by atoms with van der Waals surface area (Å²) in [6.07, 6.45) is 10.7. The van der Waals surface area contributed by atoms with Crippen LogP contribution in [0.1, 0.15) is 6.42 Å². The molecule has 1 rings (SSSR count). The molecule has 1 heterocycles. The predicted molar refractivity (Wildman–Crippen MR) is 39.0 cm³/mol. The van der Waals surface area contributed by atoms with Crippen LogP contribution in [0.25, 0.3) is 0 Å². The van der Waals surface area contributed by atoms with Crippen molar-refractivity contribution in [3.8, 4) is 12.3 Å².